The van der Waals surface area contributed by atoms with Gasteiger partial charge in [0.1, 0.15) is 23.9 Å². The minimum absolute atomic E-state index is 0.165. The molecule has 1 N–H and O–H groups in total. The van der Waals surface area contributed by atoms with Gasteiger partial charge in [-0.1, -0.05) is 33.8 Å². The van der Waals surface area contributed by atoms with Crippen LogP contribution < -0.4 is 10.1 Å². The Morgan fingerprint density at radius 3 is 2.41 bits per heavy atom. The van der Waals surface area contributed by atoms with Crippen molar-refractivity contribution in [3.05, 3.63) is 71.7 Å². The number of carbonyl (C=O) groups is 2. The zero-order chi connectivity index (χ0) is 24.9. The number of hydrogen-bond donors (Lipinski definition) is 1. The highest BCUT2D eigenvalue weighted by atomic mass is 19.1. The van der Waals surface area contributed by atoms with Gasteiger partial charge in [0.15, 0.2) is 0 Å². The van der Waals surface area contributed by atoms with E-state index < -0.39 is 11.7 Å². The van der Waals surface area contributed by atoms with E-state index in [1.807, 2.05) is 58.0 Å². The standard InChI is InChI=1S/C26H31FN4O3/c1-6-14-30(25(33)18-8-7-9-19(27)15-18)17-24(32)28-23-16-22(26(2,3)4)29-31(23)20-10-12-21(34-5)13-11-20/h7-13,15-16H,6,14,17H2,1-5H3,(H,28,32). The first-order chi connectivity index (χ1) is 16.1. The van der Waals surface area contributed by atoms with Crippen molar-refractivity contribution in [3.63, 3.8) is 0 Å². The number of benzene rings is 2. The van der Waals surface area contributed by atoms with E-state index in [0.717, 1.165) is 11.4 Å². The molecule has 1 aromatic heterocycles. The summed E-state index contributed by atoms with van der Waals surface area (Å²) >= 11 is 0. The number of methoxy groups -OCH3 is 1. The van der Waals surface area contributed by atoms with Crippen LogP contribution in [0.2, 0.25) is 0 Å². The third-order valence-corrected chi connectivity index (χ3v) is 5.25. The molecule has 0 aliphatic rings. The van der Waals surface area contributed by atoms with Crippen LogP contribution in [-0.4, -0.2) is 46.7 Å². The van der Waals surface area contributed by atoms with Crippen molar-refractivity contribution in [1.29, 1.82) is 0 Å². The molecule has 2 aromatic carbocycles. The fourth-order valence-corrected chi connectivity index (χ4v) is 3.44. The first kappa shape index (κ1) is 25.0. The minimum Gasteiger partial charge on any atom is -0.497 e. The lowest BCUT2D eigenvalue weighted by atomic mass is 9.92. The van der Waals surface area contributed by atoms with E-state index in [4.69, 9.17) is 9.84 Å². The third kappa shape index (κ3) is 6.01. The van der Waals surface area contributed by atoms with E-state index in [0.29, 0.717) is 24.5 Å². The summed E-state index contributed by atoms with van der Waals surface area (Å²) in [6.07, 6.45) is 0.659. The quantitative estimate of drug-likeness (QED) is 0.517. The lowest BCUT2D eigenvalue weighted by molar-refractivity contribution is -0.116. The van der Waals surface area contributed by atoms with E-state index in [2.05, 4.69) is 5.32 Å². The first-order valence-corrected chi connectivity index (χ1v) is 11.2. The number of aromatic nitrogens is 2. The largest absolute Gasteiger partial charge is 0.497 e. The van der Waals surface area contributed by atoms with E-state index in [9.17, 15) is 14.0 Å². The van der Waals surface area contributed by atoms with Gasteiger partial charge in [-0.15, -0.1) is 0 Å². The Morgan fingerprint density at radius 2 is 1.82 bits per heavy atom. The monoisotopic (exact) mass is 466 g/mol. The molecule has 0 bridgehead atoms. The molecule has 0 radical (unpaired) electrons. The molecule has 0 aliphatic carbocycles. The molecular weight excluding hydrogens is 435 g/mol. The molecule has 0 fully saturated rings. The van der Waals surface area contributed by atoms with Gasteiger partial charge in [-0.2, -0.15) is 5.10 Å². The van der Waals surface area contributed by atoms with Gasteiger partial charge in [0.25, 0.3) is 5.91 Å². The molecule has 1 heterocycles. The van der Waals surface area contributed by atoms with Gasteiger partial charge in [-0.25, -0.2) is 9.07 Å². The Balaban J connectivity index is 1.85. The predicted octanol–water partition coefficient (Wildman–Crippen LogP) is 4.81. The second-order valence-electron chi connectivity index (χ2n) is 9.06. The maximum Gasteiger partial charge on any atom is 0.254 e. The molecule has 0 atom stereocenters. The molecule has 3 rings (SSSR count). The number of rotatable bonds is 8. The molecule has 3 aromatic rings. The van der Waals surface area contributed by atoms with Crippen LogP contribution in [0.3, 0.4) is 0 Å². The maximum absolute atomic E-state index is 13.6. The summed E-state index contributed by atoms with van der Waals surface area (Å²) in [6, 6.07) is 14.7. The summed E-state index contributed by atoms with van der Waals surface area (Å²) < 4.78 is 20.5. The maximum atomic E-state index is 13.6. The van der Waals surface area contributed by atoms with Crippen molar-refractivity contribution < 1.29 is 18.7 Å². The smallest absolute Gasteiger partial charge is 0.254 e. The summed E-state index contributed by atoms with van der Waals surface area (Å²) in [5.74, 6) is -0.0490. The number of hydrogen-bond acceptors (Lipinski definition) is 4. The molecule has 180 valence electrons. The average molecular weight is 467 g/mol. The molecule has 8 heteroatoms. The minimum atomic E-state index is -0.496. The number of nitrogens with zero attached hydrogens (tertiary/aromatic N) is 3. The van der Waals surface area contributed by atoms with Crippen LogP contribution in [0.15, 0.2) is 54.6 Å². The lowest BCUT2D eigenvalue weighted by Crippen LogP contribution is -2.38. The number of nitrogens with one attached hydrogen (secondary N) is 1. The van der Waals surface area contributed by atoms with Gasteiger partial charge in [0.05, 0.1) is 18.5 Å². The predicted molar refractivity (Wildman–Crippen MR) is 130 cm³/mol. The van der Waals surface area contributed by atoms with Gasteiger partial charge >= 0.3 is 0 Å². The van der Waals surface area contributed by atoms with Crippen LogP contribution in [0.1, 0.15) is 50.2 Å². The van der Waals surface area contributed by atoms with Crippen LogP contribution in [0.5, 0.6) is 5.75 Å². The zero-order valence-corrected chi connectivity index (χ0v) is 20.3. The summed E-state index contributed by atoms with van der Waals surface area (Å²) in [5, 5.41) is 7.61. The van der Waals surface area contributed by atoms with E-state index in [1.165, 1.54) is 23.1 Å². The van der Waals surface area contributed by atoms with Crippen molar-refractivity contribution in [3.8, 4) is 11.4 Å². The van der Waals surface area contributed by atoms with Crippen molar-refractivity contribution in [2.45, 2.75) is 39.5 Å². The van der Waals surface area contributed by atoms with Gasteiger partial charge < -0.3 is 15.0 Å². The molecule has 7 nitrogen and oxygen atoms in total. The number of amides is 2. The van der Waals surface area contributed by atoms with E-state index in [-0.39, 0.29) is 23.4 Å². The number of carbonyl (C=O) groups excluding carboxylic acids is 2. The Bertz CT molecular complexity index is 1150. The Kier molecular flexibility index (Phi) is 7.71. The van der Waals surface area contributed by atoms with Crippen LogP contribution in [0, 0.1) is 5.82 Å². The van der Waals surface area contributed by atoms with Gasteiger partial charge in [0, 0.05) is 23.6 Å². The van der Waals surface area contributed by atoms with E-state index >= 15 is 0 Å². The highest BCUT2D eigenvalue weighted by molar-refractivity contribution is 5.99. The first-order valence-electron chi connectivity index (χ1n) is 11.2. The number of ether oxygens (including phenoxy) is 1. The molecule has 0 saturated heterocycles. The number of halogens is 1. The van der Waals surface area contributed by atoms with Crippen LogP contribution in [0.4, 0.5) is 10.2 Å². The molecule has 0 aliphatic heterocycles. The second-order valence-corrected chi connectivity index (χ2v) is 9.06. The van der Waals surface area contributed by atoms with Crippen molar-refractivity contribution >= 4 is 17.6 Å². The molecular formula is C26H31FN4O3. The Labute approximate surface area is 199 Å². The summed E-state index contributed by atoms with van der Waals surface area (Å²) in [6.45, 7) is 8.24. The third-order valence-electron chi connectivity index (χ3n) is 5.25. The summed E-state index contributed by atoms with van der Waals surface area (Å²) in [5.41, 5.74) is 1.53. The fraction of sp³-hybridized carbons (Fsp3) is 0.346. The second kappa shape index (κ2) is 10.5. The molecule has 2 amide bonds. The fourth-order valence-electron chi connectivity index (χ4n) is 3.44. The Morgan fingerprint density at radius 1 is 1.12 bits per heavy atom. The topological polar surface area (TPSA) is 76.5 Å². The molecule has 34 heavy (non-hydrogen) atoms. The Hall–Kier alpha value is -3.68. The number of anilines is 1. The van der Waals surface area contributed by atoms with Crippen molar-refractivity contribution in [2.24, 2.45) is 0 Å². The average Bonchev–Trinajstić information content (AvgIpc) is 3.22. The lowest BCUT2D eigenvalue weighted by Gasteiger charge is -2.22. The molecule has 0 saturated carbocycles. The van der Waals surface area contributed by atoms with Crippen LogP contribution in [-0.2, 0) is 10.2 Å². The molecule has 0 unspecified atom stereocenters. The summed E-state index contributed by atoms with van der Waals surface area (Å²) in [7, 11) is 1.60. The highest BCUT2D eigenvalue weighted by Crippen LogP contribution is 2.27. The highest BCUT2D eigenvalue weighted by Gasteiger charge is 2.23. The zero-order valence-electron chi connectivity index (χ0n) is 20.3. The van der Waals surface area contributed by atoms with E-state index in [1.54, 1.807) is 17.9 Å². The summed E-state index contributed by atoms with van der Waals surface area (Å²) in [4.78, 5) is 27.3. The van der Waals surface area contributed by atoms with Gasteiger partial charge in [-0.3, -0.25) is 9.59 Å². The molecule has 0 spiro atoms. The van der Waals surface area contributed by atoms with Crippen molar-refractivity contribution in [2.75, 3.05) is 25.5 Å². The van der Waals surface area contributed by atoms with Gasteiger partial charge in [0.2, 0.25) is 5.91 Å². The van der Waals surface area contributed by atoms with Crippen LogP contribution >= 0.6 is 0 Å². The SMILES string of the molecule is CCCN(CC(=O)Nc1cc(C(C)(C)C)nn1-c1ccc(OC)cc1)C(=O)c1cccc(F)c1. The normalized spacial score (nSPS) is 11.2. The van der Waals surface area contributed by atoms with Crippen molar-refractivity contribution in [1.82, 2.24) is 14.7 Å². The van der Waals surface area contributed by atoms with Gasteiger partial charge in [-0.05, 0) is 48.9 Å². The van der Waals surface area contributed by atoms with Crippen LogP contribution in [0.25, 0.3) is 5.69 Å².